The second-order valence-corrected chi connectivity index (χ2v) is 7.62. The summed E-state index contributed by atoms with van der Waals surface area (Å²) in [6.45, 7) is 3.95. The molecular weight excluding hydrogens is 326 g/mol. The molecule has 6 nitrogen and oxygen atoms in total. The SMILES string of the molecule is CC(=O)Nc1ccc(-c2ccc(NC3CC4CN(C)C[C@H]4C3)nn2)cc1. The summed E-state index contributed by atoms with van der Waals surface area (Å²) in [6, 6.07) is 12.1. The highest BCUT2D eigenvalue weighted by molar-refractivity contribution is 5.88. The summed E-state index contributed by atoms with van der Waals surface area (Å²) in [4.78, 5) is 13.5. The minimum atomic E-state index is -0.0735. The molecule has 6 heteroatoms. The molecule has 26 heavy (non-hydrogen) atoms. The maximum atomic E-state index is 11.1. The molecule has 3 atom stereocenters. The molecule has 1 aromatic carbocycles. The summed E-state index contributed by atoms with van der Waals surface area (Å²) in [5.41, 5.74) is 2.59. The van der Waals surface area contributed by atoms with Gasteiger partial charge in [-0.2, -0.15) is 0 Å². The number of rotatable bonds is 4. The van der Waals surface area contributed by atoms with Crippen LogP contribution < -0.4 is 10.6 Å². The number of amides is 1. The van der Waals surface area contributed by atoms with Crippen molar-refractivity contribution < 1.29 is 4.79 Å². The van der Waals surface area contributed by atoms with Gasteiger partial charge in [0.15, 0.2) is 0 Å². The highest BCUT2D eigenvalue weighted by atomic mass is 16.1. The third kappa shape index (κ3) is 3.70. The lowest BCUT2D eigenvalue weighted by Crippen LogP contribution is -2.22. The molecule has 1 aliphatic carbocycles. The van der Waals surface area contributed by atoms with Crippen molar-refractivity contribution in [1.82, 2.24) is 15.1 Å². The molecule has 2 N–H and O–H groups in total. The number of aromatic nitrogens is 2. The molecule has 4 rings (SSSR count). The number of benzene rings is 1. The van der Waals surface area contributed by atoms with Gasteiger partial charge in [0.1, 0.15) is 5.82 Å². The number of hydrogen-bond donors (Lipinski definition) is 2. The number of anilines is 2. The largest absolute Gasteiger partial charge is 0.366 e. The lowest BCUT2D eigenvalue weighted by Gasteiger charge is -2.16. The van der Waals surface area contributed by atoms with Crippen LogP contribution in [0.25, 0.3) is 11.3 Å². The van der Waals surface area contributed by atoms with Gasteiger partial charge in [0.05, 0.1) is 5.69 Å². The summed E-state index contributed by atoms with van der Waals surface area (Å²) in [6.07, 6.45) is 2.45. The number of carbonyl (C=O) groups excluding carboxylic acids is 1. The smallest absolute Gasteiger partial charge is 0.221 e. The van der Waals surface area contributed by atoms with Crippen molar-refractivity contribution in [3.63, 3.8) is 0 Å². The minimum absolute atomic E-state index is 0.0735. The topological polar surface area (TPSA) is 70.2 Å². The second-order valence-electron chi connectivity index (χ2n) is 7.62. The molecule has 1 saturated heterocycles. The third-order valence-electron chi connectivity index (χ3n) is 5.45. The van der Waals surface area contributed by atoms with Crippen molar-refractivity contribution in [3.8, 4) is 11.3 Å². The van der Waals surface area contributed by atoms with E-state index >= 15 is 0 Å². The Hall–Kier alpha value is -2.47. The molecule has 0 bridgehead atoms. The van der Waals surface area contributed by atoms with E-state index in [1.54, 1.807) is 0 Å². The van der Waals surface area contributed by atoms with Gasteiger partial charge in [0.2, 0.25) is 5.91 Å². The van der Waals surface area contributed by atoms with E-state index in [1.165, 1.54) is 32.9 Å². The molecule has 2 aliphatic rings. The van der Waals surface area contributed by atoms with Gasteiger partial charge < -0.3 is 15.5 Å². The molecule has 0 radical (unpaired) electrons. The van der Waals surface area contributed by atoms with Crippen LogP contribution in [0.3, 0.4) is 0 Å². The normalized spacial score (nSPS) is 25.1. The van der Waals surface area contributed by atoms with Crippen LogP contribution in [-0.4, -0.2) is 47.2 Å². The highest BCUT2D eigenvalue weighted by Crippen LogP contribution is 2.38. The summed E-state index contributed by atoms with van der Waals surface area (Å²) >= 11 is 0. The van der Waals surface area contributed by atoms with Crippen molar-refractivity contribution in [1.29, 1.82) is 0 Å². The van der Waals surface area contributed by atoms with Crippen LogP contribution in [0, 0.1) is 11.8 Å². The number of likely N-dealkylation sites (tertiary alicyclic amines) is 1. The lowest BCUT2D eigenvalue weighted by molar-refractivity contribution is -0.114. The van der Waals surface area contributed by atoms with Crippen LogP contribution in [0.5, 0.6) is 0 Å². The van der Waals surface area contributed by atoms with Crippen LogP contribution in [0.2, 0.25) is 0 Å². The van der Waals surface area contributed by atoms with Crippen molar-refractivity contribution in [2.45, 2.75) is 25.8 Å². The summed E-state index contributed by atoms with van der Waals surface area (Å²) in [7, 11) is 2.22. The Bertz CT molecular complexity index is 760. The third-order valence-corrected chi connectivity index (χ3v) is 5.45. The highest BCUT2D eigenvalue weighted by Gasteiger charge is 2.39. The quantitative estimate of drug-likeness (QED) is 0.886. The van der Waals surface area contributed by atoms with E-state index in [9.17, 15) is 4.79 Å². The average molecular weight is 351 g/mol. The Morgan fingerprint density at radius 2 is 1.73 bits per heavy atom. The van der Waals surface area contributed by atoms with Gasteiger partial charge in [0, 0.05) is 37.3 Å². The van der Waals surface area contributed by atoms with Gasteiger partial charge >= 0.3 is 0 Å². The minimum Gasteiger partial charge on any atom is -0.366 e. The van der Waals surface area contributed by atoms with Crippen molar-refractivity contribution in [2.24, 2.45) is 11.8 Å². The number of fused-ring (bicyclic) bond motifs is 1. The molecular formula is C20H25N5O. The zero-order valence-electron chi connectivity index (χ0n) is 15.3. The molecule has 2 fully saturated rings. The van der Waals surface area contributed by atoms with E-state index in [2.05, 4.69) is 32.8 Å². The molecule has 136 valence electrons. The van der Waals surface area contributed by atoms with Gasteiger partial charge in [-0.1, -0.05) is 12.1 Å². The van der Waals surface area contributed by atoms with Crippen molar-refractivity contribution >= 4 is 17.4 Å². The predicted molar refractivity (Wildman–Crippen MR) is 103 cm³/mol. The first kappa shape index (κ1) is 17.0. The Kier molecular flexibility index (Phi) is 4.59. The Balaban J connectivity index is 1.37. The van der Waals surface area contributed by atoms with E-state index < -0.39 is 0 Å². The molecule has 2 heterocycles. The fraction of sp³-hybridized carbons (Fsp3) is 0.450. The number of carbonyl (C=O) groups is 1. The number of nitrogens with one attached hydrogen (secondary N) is 2. The second kappa shape index (κ2) is 7.03. The van der Waals surface area contributed by atoms with Crippen LogP contribution >= 0.6 is 0 Å². The summed E-state index contributed by atoms with van der Waals surface area (Å²) in [5.74, 6) is 2.43. The first-order valence-electron chi connectivity index (χ1n) is 9.23. The molecule has 1 aromatic heterocycles. The Labute approximate surface area is 154 Å². The maximum absolute atomic E-state index is 11.1. The zero-order chi connectivity index (χ0) is 18.1. The zero-order valence-corrected chi connectivity index (χ0v) is 15.3. The molecule has 1 amide bonds. The van der Waals surface area contributed by atoms with Crippen LogP contribution in [0.4, 0.5) is 11.5 Å². The fourth-order valence-corrected chi connectivity index (χ4v) is 4.35. The molecule has 0 spiro atoms. The first-order valence-corrected chi connectivity index (χ1v) is 9.23. The average Bonchev–Trinajstić information content (AvgIpc) is 3.12. The maximum Gasteiger partial charge on any atom is 0.221 e. The molecule has 1 saturated carbocycles. The predicted octanol–water partition coefficient (Wildman–Crippen LogP) is 2.85. The van der Waals surface area contributed by atoms with Crippen molar-refractivity contribution in [2.75, 3.05) is 30.8 Å². The van der Waals surface area contributed by atoms with E-state index in [4.69, 9.17) is 0 Å². The van der Waals surface area contributed by atoms with E-state index in [0.29, 0.717) is 6.04 Å². The molecule has 2 aromatic rings. The monoisotopic (exact) mass is 351 g/mol. The van der Waals surface area contributed by atoms with Crippen LogP contribution in [0.1, 0.15) is 19.8 Å². The van der Waals surface area contributed by atoms with Gasteiger partial charge in [-0.25, -0.2) is 0 Å². The summed E-state index contributed by atoms with van der Waals surface area (Å²) in [5, 5.41) is 15.0. The van der Waals surface area contributed by atoms with Gasteiger partial charge in [-0.05, 0) is 56.0 Å². The number of hydrogen-bond acceptors (Lipinski definition) is 5. The van der Waals surface area contributed by atoms with Crippen LogP contribution in [0.15, 0.2) is 36.4 Å². The van der Waals surface area contributed by atoms with Gasteiger partial charge in [-0.3, -0.25) is 4.79 Å². The Morgan fingerprint density at radius 1 is 1.04 bits per heavy atom. The molecule has 1 aliphatic heterocycles. The van der Waals surface area contributed by atoms with Gasteiger partial charge in [-0.15, -0.1) is 10.2 Å². The standard InChI is InChI=1S/C20H25N5O/c1-13(26)21-17-5-3-14(4-6-17)19-7-8-20(24-23-19)22-18-9-15-11-25(2)12-16(15)10-18/h3-8,15-16,18H,9-12H2,1-2H3,(H,21,26)(H,22,24)/t15-,16?,18?/m1/s1. The van der Waals surface area contributed by atoms with E-state index in [0.717, 1.165) is 34.6 Å². The first-order chi connectivity index (χ1) is 12.6. The Morgan fingerprint density at radius 3 is 2.31 bits per heavy atom. The molecule has 2 unspecified atom stereocenters. The summed E-state index contributed by atoms with van der Waals surface area (Å²) < 4.78 is 0. The fourth-order valence-electron chi connectivity index (χ4n) is 4.35. The lowest BCUT2D eigenvalue weighted by atomic mass is 10.0. The van der Waals surface area contributed by atoms with E-state index in [1.807, 2.05) is 36.4 Å². The van der Waals surface area contributed by atoms with Crippen LogP contribution in [-0.2, 0) is 4.79 Å². The van der Waals surface area contributed by atoms with Gasteiger partial charge in [0.25, 0.3) is 0 Å². The number of nitrogens with zero attached hydrogens (tertiary/aromatic N) is 3. The van der Waals surface area contributed by atoms with Crippen molar-refractivity contribution in [3.05, 3.63) is 36.4 Å². The van der Waals surface area contributed by atoms with E-state index in [-0.39, 0.29) is 5.91 Å².